The molecule has 3 nitrogen and oxygen atoms in total. The number of rotatable bonds is 0. The predicted molar refractivity (Wildman–Crippen MR) is 37.3 cm³/mol. The molecule has 0 radical (unpaired) electrons. The summed E-state index contributed by atoms with van der Waals surface area (Å²) in [5.74, 6) is 0.377. The molecule has 0 aromatic heterocycles. The summed E-state index contributed by atoms with van der Waals surface area (Å²) in [6, 6.07) is 0. The number of nitrogens with zero attached hydrogens (tertiary/aromatic N) is 2. The highest BCUT2D eigenvalue weighted by Crippen LogP contribution is 1.91. The summed E-state index contributed by atoms with van der Waals surface area (Å²) in [7, 11) is 0. The Kier molecular flexibility index (Phi) is 1.34. The Hall–Kier alpha value is -0.770. The largest absolute Gasteiger partial charge is 0.381 e. The van der Waals surface area contributed by atoms with Crippen LogP contribution in [0.3, 0.4) is 0 Å². The lowest BCUT2D eigenvalue weighted by Crippen LogP contribution is -2.23. The van der Waals surface area contributed by atoms with Crippen molar-refractivity contribution in [2.75, 3.05) is 0 Å². The second kappa shape index (κ2) is 2.00. The van der Waals surface area contributed by atoms with Crippen molar-refractivity contribution in [3.8, 4) is 0 Å². The Labute approximate surface area is 52.3 Å². The van der Waals surface area contributed by atoms with Crippen molar-refractivity contribution in [3.05, 3.63) is 0 Å². The molecule has 2 N–H and O–H groups in total. The molecule has 0 aromatic rings. The Bertz CT molecular complexity index is 170. The molecule has 0 amide bonds. The summed E-state index contributed by atoms with van der Waals surface area (Å²) >= 11 is 4.78. The highest BCUT2D eigenvalue weighted by atomic mass is 32.1. The van der Waals surface area contributed by atoms with Crippen LogP contribution < -0.4 is 5.73 Å². The number of nitrogens with two attached hydrogens (primary N) is 1. The maximum atomic E-state index is 5.27. The molecule has 0 aliphatic carbocycles. The van der Waals surface area contributed by atoms with Crippen LogP contribution in [0.1, 0.15) is 6.42 Å². The fourth-order valence-corrected chi connectivity index (χ4v) is 0.502. The topological polar surface area (TPSA) is 50.7 Å². The van der Waals surface area contributed by atoms with Gasteiger partial charge in [0, 0.05) is 12.6 Å². The summed E-state index contributed by atoms with van der Waals surface area (Å²) in [6.45, 7) is 0. The van der Waals surface area contributed by atoms with Crippen molar-refractivity contribution in [1.29, 1.82) is 0 Å². The first-order valence-corrected chi connectivity index (χ1v) is 2.59. The quantitative estimate of drug-likeness (QED) is 0.469. The summed E-state index contributed by atoms with van der Waals surface area (Å²) in [5, 5.41) is 7.09. The van der Waals surface area contributed by atoms with Gasteiger partial charge < -0.3 is 5.73 Å². The lowest BCUT2D eigenvalue weighted by Gasteiger charge is -1.99. The van der Waals surface area contributed by atoms with Crippen LogP contribution in [-0.4, -0.2) is 16.9 Å². The first-order chi connectivity index (χ1) is 3.80. The van der Waals surface area contributed by atoms with Crippen molar-refractivity contribution in [1.82, 2.24) is 0 Å². The van der Waals surface area contributed by atoms with Crippen LogP contribution >= 0.6 is 12.2 Å². The molecule has 0 aromatic carbocycles. The molecule has 0 saturated heterocycles. The average Bonchev–Trinajstić information content (AvgIpc) is 1.77. The molecule has 1 aliphatic heterocycles. The van der Waals surface area contributed by atoms with E-state index in [1.54, 1.807) is 6.21 Å². The Balaban J connectivity index is 2.80. The van der Waals surface area contributed by atoms with Crippen molar-refractivity contribution in [2.45, 2.75) is 6.42 Å². The van der Waals surface area contributed by atoms with Gasteiger partial charge in [0.15, 0.2) is 5.84 Å². The molecule has 42 valence electrons. The predicted octanol–water partition coefficient (Wildman–Crippen LogP) is 0.103. The minimum atomic E-state index is 0.377. The maximum absolute atomic E-state index is 5.27. The average molecular weight is 127 g/mol. The third kappa shape index (κ3) is 0.894. The molecule has 4 heteroatoms. The van der Waals surface area contributed by atoms with Crippen molar-refractivity contribution in [3.63, 3.8) is 0 Å². The van der Waals surface area contributed by atoms with E-state index in [1.165, 1.54) is 0 Å². The van der Waals surface area contributed by atoms with Crippen LogP contribution in [0.2, 0.25) is 0 Å². The highest BCUT2D eigenvalue weighted by molar-refractivity contribution is 7.82. The van der Waals surface area contributed by atoms with Gasteiger partial charge in [0.25, 0.3) is 0 Å². The highest BCUT2D eigenvalue weighted by Gasteiger charge is 2.02. The normalized spacial score (nSPS) is 18.5. The molecular weight excluding hydrogens is 122 g/mol. The van der Waals surface area contributed by atoms with Gasteiger partial charge in [-0.2, -0.15) is 5.10 Å². The van der Waals surface area contributed by atoms with Crippen molar-refractivity contribution >= 4 is 29.1 Å². The molecule has 1 heterocycles. The van der Waals surface area contributed by atoms with Crippen LogP contribution in [0.5, 0.6) is 0 Å². The number of hydrogen-bond donors (Lipinski definition) is 1. The molecule has 8 heavy (non-hydrogen) atoms. The molecule has 0 bridgehead atoms. The number of amidine groups is 1. The first kappa shape index (κ1) is 5.37. The third-order valence-electron chi connectivity index (χ3n) is 0.809. The summed E-state index contributed by atoms with van der Waals surface area (Å²) in [5.41, 5.74) is 5.27. The van der Waals surface area contributed by atoms with E-state index in [0.717, 1.165) is 0 Å². The zero-order valence-electron chi connectivity index (χ0n) is 4.16. The Morgan fingerprint density at radius 1 is 1.75 bits per heavy atom. The fraction of sp³-hybridized carbons (Fsp3) is 0.250. The molecule has 0 spiro atoms. The van der Waals surface area contributed by atoms with Crippen LogP contribution in [0.15, 0.2) is 10.2 Å². The van der Waals surface area contributed by atoms with Gasteiger partial charge >= 0.3 is 0 Å². The van der Waals surface area contributed by atoms with Gasteiger partial charge in [0.05, 0.1) is 4.86 Å². The second-order valence-electron chi connectivity index (χ2n) is 1.41. The van der Waals surface area contributed by atoms with E-state index in [1.807, 2.05) is 0 Å². The molecule has 0 saturated carbocycles. The molecule has 0 atom stereocenters. The van der Waals surface area contributed by atoms with E-state index in [9.17, 15) is 0 Å². The summed E-state index contributed by atoms with van der Waals surface area (Å²) in [6.07, 6.45) is 2.30. The molecule has 1 rings (SSSR count). The van der Waals surface area contributed by atoms with E-state index in [-0.39, 0.29) is 0 Å². The van der Waals surface area contributed by atoms with Gasteiger partial charge in [0.2, 0.25) is 0 Å². The summed E-state index contributed by atoms with van der Waals surface area (Å²) < 4.78 is 0. The smallest absolute Gasteiger partial charge is 0.160 e. The van der Waals surface area contributed by atoms with Gasteiger partial charge in [-0.15, -0.1) is 5.10 Å². The van der Waals surface area contributed by atoms with E-state index in [4.69, 9.17) is 18.0 Å². The molecular formula is C4H5N3S. The van der Waals surface area contributed by atoms with Gasteiger partial charge in [0.1, 0.15) is 0 Å². The number of hydrogen-bond acceptors (Lipinski definition) is 4. The van der Waals surface area contributed by atoms with Crippen LogP contribution in [0.25, 0.3) is 0 Å². The fourth-order valence-electron chi connectivity index (χ4n) is 0.387. The van der Waals surface area contributed by atoms with Crippen molar-refractivity contribution in [2.24, 2.45) is 15.9 Å². The maximum Gasteiger partial charge on any atom is 0.160 e. The standard InChI is InChI=1S/C4H5N3S/c5-4-3(8)1-2-6-7-4/h2H,1H2,(H2,5,7). The van der Waals surface area contributed by atoms with Gasteiger partial charge in [-0.3, -0.25) is 0 Å². The lowest BCUT2D eigenvalue weighted by atomic mass is 10.3. The van der Waals surface area contributed by atoms with E-state index in [2.05, 4.69) is 10.2 Å². The zero-order valence-corrected chi connectivity index (χ0v) is 4.98. The minimum absolute atomic E-state index is 0.377. The zero-order chi connectivity index (χ0) is 5.98. The molecule has 0 fully saturated rings. The van der Waals surface area contributed by atoms with Gasteiger partial charge in [-0.05, 0) is 0 Å². The third-order valence-corrected chi connectivity index (χ3v) is 1.19. The van der Waals surface area contributed by atoms with E-state index >= 15 is 0 Å². The minimum Gasteiger partial charge on any atom is -0.381 e. The Morgan fingerprint density at radius 2 is 2.50 bits per heavy atom. The molecule has 1 aliphatic rings. The first-order valence-electron chi connectivity index (χ1n) is 2.19. The monoisotopic (exact) mass is 127 g/mol. The molecule has 0 unspecified atom stereocenters. The van der Waals surface area contributed by atoms with Gasteiger partial charge in [-0.25, -0.2) is 0 Å². The summed E-state index contributed by atoms with van der Waals surface area (Å²) in [4.78, 5) is 0.681. The van der Waals surface area contributed by atoms with Crippen LogP contribution in [0, 0.1) is 0 Å². The Morgan fingerprint density at radius 3 is 2.88 bits per heavy atom. The van der Waals surface area contributed by atoms with Gasteiger partial charge in [-0.1, -0.05) is 12.2 Å². The number of thiocarbonyl (C=S) groups is 1. The lowest BCUT2D eigenvalue weighted by molar-refractivity contribution is 1.22. The SMILES string of the molecule is NC1=NN=CCC1=S. The van der Waals surface area contributed by atoms with E-state index < -0.39 is 0 Å². The van der Waals surface area contributed by atoms with E-state index in [0.29, 0.717) is 17.1 Å². The van der Waals surface area contributed by atoms with Crippen LogP contribution in [-0.2, 0) is 0 Å². The van der Waals surface area contributed by atoms with Crippen LogP contribution in [0.4, 0.5) is 0 Å². The second-order valence-corrected chi connectivity index (χ2v) is 1.90. The van der Waals surface area contributed by atoms with Crippen molar-refractivity contribution < 1.29 is 0 Å².